The fourth-order valence-electron chi connectivity index (χ4n) is 2.67. The minimum absolute atomic E-state index is 0.0689. The van der Waals surface area contributed by atoms with Gasteiger partial charge in [0, 0.05) is 6.07 Å². The Kier molecular flexibility index (Phi) is 3.73. The van der Waals surface area contributed by atoms with Gasteiger partial charge in [0.15, 0.2) is 5.71 Å². The molecule has 120 valence electrons. The van der Waals surface area contributed by atoms with Gasteiger partial charge in [-0.1, -0.05) is 6.07 Å². The van der Waals surface area contributed by atoms with Gasteiger partial charge in [0.1, 0.15) is 17.7 Å². The molecule has 1 aromatic carbocycles. The molecule has 2 aliphatic heterocycles. The highest BCUT2D eigenvalue weighted by atomic mass is 16.5. The van der Waals surface area contributed by atoms with E-state index in [9.17, 15) is 14.4 Å². The first kappa shape index (κ1) is 15.0. The first-order valence-corrected chi connectivity index (χ1v) is 7.10. The lowest BCUT2D eigenvalue weighted by Crippen LogP contribution is -2.36. The maximum atomic E-state index is 12.7. The summed E-state index contributed by atoms with van der Waals surface area (Å²) in [5, 5.41) is 3.80. The number of hydrogen-bond acceptors (Lipinski definition) is 7. The molecule has 0 aliphatic carbocycles. The van der Waals surface area contributed by atoms with E-state index in [2.05, 4.69) is 10.5 Å². The molecule has 1 aromatic rings. The highest BCUT2D eigenvalue weighted by Gasteiger charge is 2.55. The molecule has 0 bridgehead atoms. The van der Waals surface area contributed by atoms with Gasteiger partial charge in [-0.05, 0) is 19.1 Å². The average Bonchev–Trinajstić information content (AvgIpc) is 3.09. The lowest BCUT2D eigenvalue weighted by molar-refractivity contribution is -0.136. The van der Waals surface area contributed by atoms with Crippen molar-refractivity contribution in [3.8, 4) is 5.75 Å². The van der Waals surface area contributed by atoms with E-state index in [-0.39, 0.29) is 12.3 Å². The summed E-state index contributed by atoms with van der Waals surface area (Å²) >= 11 is 0. The van der Waals surface area contributed by atoms with E-state index in [1.807, 2.05) is 0 Å². The van der Waals surface area contributed by atoms with Crippen LogP contribution in [0.25, 0.3) is 0 Å². The van der Waals surface area contributed by atoms with Crippen LogP contribution in [0.15, 0.2) is 29.4 Å². The number of methoxy groups -OCH3 is 1. The number of benzene rings is 1. The van der Waals surface area contributed by atoms with Crippen LogP contribution in [0.3, 0.4) is 0 Å². The fourth-order valence-corrected chi connectivity index (χ4v) is 2.67. The Morgan fingerprint density at radius 2 is 2.13 bits per heavy atom. The average molecular weight is 317 g/mol. The van der Waals surface area contributed by atoms with Gasteiger partial charge in [-0.3, -0.25) is 15.0 Å². The second-order valence-corrected chi connectivity index (χ2v) is 5.02. The first-order valence-electron chi connectivity index (χ1n) is 7.10. The molecule has 0 saturated carbocycles. The molecule has 2 unspecified atom stereocenters. The number of nitrogens with zero attached hydrogens (tertiary/aromatic N) is 2. The highest BCUT2D eigenvalue weighted by Crippen LogP contribution is 2.32. The number of carbonyl (C=O) groups is 3. The van der Waals surface area contributed by atoms with Gasteiger partial charge in [-0.15, -0.1) is 0 Å². The zero-order valence-electron chi connectivity index (χ0n) is 12.6. The number of rotatable bonds is 4. The molecule has 2 amide bonds. The molecular formula is C15H15N3O5. The Balaban J connectivity index is 1.92. The first-order chi connectivity index (χ1) is 11.1. The normalized spacial score (nSPS) is 22.5. The third-order valence-corrected chi connectivity index (χ3v) is 3.72. The monoisotopic (exact) mass is 317 g/mol. The second-order valence-electron chi connectivity index (χ2n) is 5.02. The number of amides is 2. The molecular weight excluding hydrogens is 302 g/mol. The lowest BCUT2D eigenvalue weighted by Gasteiger charge is -2.16. The zero-order valence-corrected chi connectivity index (χ0v) is 12.6. The molecule has 23 heavy (non-hydrogen) atoms. The predicted octanol–water partition coefficient (Wildman–Crippen LogP) is 0.0755. The van der Waals surface area contributed by atoms with Crippen LogP contribution in [0.4, 0.5) is 5.69 Å². The van der Waals surface area contributed by atoms with Crippen LogP contribution in [0.1, 0.15) is 6.92 Å². The molecule has 8 nitrogen and oxygen atoms in total. The number of nitrogens with one attached hydrogen (secondary N) is 1. The summed E-state index contributed by atoms with van der Waals surface area (Å²) in [5.41, 5.74) is 2.88. The Labute approximate surface area is 132 Å². The van der Waals surface area contributed by atoms with Crippen LogP contribution in [-0.4, -0.2) is 43.3 Å². The molecule has 2 heterocycles. The van der Waals surface area contributed by atoms with E-state index in [0.29, 0.717) is 11.4 Å². The van der Waals surface area contributed by atoms with Crippen LogP contribution in [0, 0.1) is 5.92 Å². The summed E-state index contributed by atoms with van der Waals surface area (Å²) in [6, 6.07) is 5.71. The number of ether oxygens (including phenoxy) is 2. The fraction of sp³-hybridized carbons (Fsp3) is 0.333. The van der Waals surface area contributed by atoms with Crippen molar-refractivity contribution in [2.75, 3.05) is 18.6 Å². The summed E-state index contributed by atoms with van der Waals surface area (Å²) in [6.45, 7) is 1.82. The SMILES string of the molecule is CCOC(=O)C1=NNC2C(=O)N(c3cccc(OC)c3)C(=O)C12. The van der Waals surface area contributed by atoms with Crippen molar-refractivity contribution < 1.29 is 23.9 Å². The van der Waals surface area contributed by atoms with E-state index in [1.54, 1.807) is 31.2 Å². The largest absolute Gasteiger partial charge is 0.497 e. The number of esters is 1. The van der Waals surface area contributed by atoms with Crippen molar-refractivity contribution in [1.82, 2.24) is 5.43 Å². The number of imide groups is 1. The van der Waals surface area contributed by atoms with E-state index in [0.717, 1.165) is 4.90 Å². The van der Waals surface area contributed by atoms with Gasteiger partial charge in [0.25, 0.3) is 5.91 Å². The van der Waals surface area contributed by atoms with Gasteiger partial charge < -0.3 is 9.47 Å². The molecule has 1 saturated heterocycles. The summed E-state index contributed by atoms with van der Waals surface area (Å²) in [6.07, 6.45) is 0. The van der Waals surface area contributed by atoms with Gasteiger partial charge in [0.05, 0.1) is 19.4 Å². The summed E-state index contributed by atoms with van der Waals surface area (Å²) in [7, 11) is 1.49. The van der Waals surface area contributed by atoms with Crippen LogP contribution >= 0.6 is 0 Å². The van der Waals surface area contributed by atoms with Gasteiger partial charge >= 0.3 is 5.97 Å². The van der Waals surface area contributed by atoms with Crippen molar-refractivity contribution in [2.24, 2.45) is 11.0 Å². The summed E-state index contributed by atoms with van der Waals surface area (Å²) in [4.78, 5) is 38.1. The quantitative estimate of drug-likeness (QED) is 0.624. The Morgan fingerprint density at radius 3 is 2.83 bits per heavy atom. The van der Waals surface area contributed by atoms with Crippen molar-refractivity contribution in [1.29, 1.82) is 0 Å². The number of fused-ring (bicyclic) bond motifs is 1. The molecule has 1 N–H and O–H groups in total. The molecule has 0 spiro atoms. The Hall–Kier alpha value is -2.90. The predicted molar refractivity (Wildman–Crippen MR) is 80.0 cm³/mol. The number of hydrogen-bond donors (Lipinski definition) is 1. The number of anilines is 1. The summed E-state index contributed by atoms with van der Waals surface area (Å²) in [5.74, 6) is -2.11. The lowest BCUT2D eigenvalue weighted by atomic mass is 9.99. The second kappa shape index (κ2) is 5.71. The molecule has 8 heteroatoms. The maximum Gasteiger partial charge on any atom is 0.355 e. The molecule has 0 aromatic heterocycles. The molecule has 2 aliphatic rings. The smallest absolute Gasteiger partial charge is 0.355 e. The molecule has 2 atom stereocenters. The molecule has 0 radical (unpaired) electrons. The molecule has 1 fully saturated rings. The van der Waals surface area contributed by atoms with E-state index < -0.39 is 29.7 Å². The minimum Gasteiger partial charge on any atom is -0.497 e. The van der Waals surface area contributed by atoms with E-state index in [4.69, 9.17) is 9.47 Å². The topological polar surface area (TPSA) is 97.3 Å². The number of hydrazone groups is 1. The van der Waals surface area contributed by atoms with Gasteiger partial charge in [-0.2, -0.15) is 5.10 Å². The van der Waals surface area contributed by atoms with Gasteiger partial charge in [0.2, 0.25) is 5.91 Å². The third-order valence-electron chi connectivity index (χ3n) is 3.72. The summed E-state index contributed by atoms with van der Waals surface area (Å²) < 4.78 is 9.99. The molecule has 3 rings (SSSR count). The van der Waals surface area contributed by atoms with Crippen molar-refractivity contribution in [2.45, 2.75) is 13.0 Å². The maximum absolute atomic E-state index is 12.7. The highest BCUT2D eigenvalue weighted by molar-refractivity contribution is 6.46. The Bertz CT molecular complexity index is 715. The van der Waals surface area contributed by atoms with Crippen molar-refractivity contribution >= 4 is 29.2 Å². The van der Waals surface area contributed by atoms with E-state index in [1.165, 1.54) is 7.11 Å². The van der Waals surface area contributed by atoms with Crippen LogP contribution in [-0.2, 0) is 19.1 Å². The third kappa shape index (κ3) is 2.32. The minimum atomic E-state index is -0.965. The van der Waals surface area contributed by atoms with E-state index >= 15 is 0 Å². The van der Waals surface area contributed by atoms with Crippen molar-refractivity contribution in [3.05, 3.63) is 24.3 Å². The standard InChI is InChI=1S/C15H15N3O5/c1-3-23-15(21)12-10-11(16-17-12)14(20)18(13(10)19)8-5-4-6-9(7-8)22-2/h4-7,10-11,16H,3H2,1-2H3. The Morgan fingerprint density at radius 1 is 1.35 bits per heavy atom. The number of carbonyl (C=O) groups excluding carboxylic acids is 3. The van der Waals surface area contributed by atoms with Crippen LogP contribution < -0.4 is 15.1 Å². The van der Waals surface area contributed by atoms with Crippen molar-refractivity contribution in [3.63, 3.8) is 0 Å². The van der Waals surface area contributed by atoms with Crippen LogP contribution in [0.5, 0.6) is 5.75 Å². The van der Waals surface area contributed by atoms with Gasteiger partial charge in [-0.25, -0.2) is 9.69 Å². The zero-order chi connectivity index (χ0) is 16.6. The van der Waals surface area contributed by atoms with Crippen LogP contribution in [0.2, 0.25) is 0 Å².